The predicted molar refractivity (Wildman–Crippen MR) is 75.2 cm³/mol. The topological polar surface area (TPSA) is 57.7 Å². The summed E-state index contributed by atoms with van der Waals surface area (Å²) in [5, 5.41) is 0. The zero-order chi connectivity index (χ0) is 13.2. The summed E-state index contributed by atoms with van der Waals surface area (Å²) in [7, 11) is 2.18. The first kappa shape index (κ1) is 12.5. The molecule has 19 heavy (non-hydrogen) atoms. The molecule has 0 radical (unpaired) electrons. The monoisotopic (exact) mass is 259 g/mol. The highest BCUT2D eigenvalue weighted by molar-refractivity contribution is 5.73. The van der Waals surface area contributed by atoms with Crippen molar-refractivity contribution < 1.29 is 0 Å². The van der Waals surface area contributed by atoms with E-state index in [0.717, 1.165) is 48.6 Å². The van der Waals surface area contributed by atoms with E-state index in [0.29, 0.717) is 5.92 Å². The largest absolute Gasteiger partial charge is 0.339 e. The van der Waals surface area contributed by atoms with E-state index in [1.54, 1.807) is 6.33 Å². The Balaban J connectivity index is 1.91. The minimum Gasteiger partial charge on any atom is -0.339 e. The fourth-order valence-corrected chi connectivity index (χ4v) is 2.80. The summed E-state index contributed by atoms with van der Waals surface area (Å²) in [5.74, 6) is 1.64. The van der Waals surface area contributed by atoms with Gasteiger partial charge in [0, 0.05) is 5.92 Å². The fraction of sp³-hybridized carbons (Fsp3) is 0.643. The number of hydrogen-bond donors (Lipinski definition) is 1. The van der Waals surface area contributed by atoms with Crippen LogP contribution in [0, 0.1) is 0 Å². The van der Waals surface area contributed by atoms with Crippen LogP contribution in [-0.4, -0.2) is 45.0 Å². The SMILES string of the molecule is CCCc1ncnc2nc(C3CCN(C)CC3)[nH]c12. The van der Waals surface area contributed by atoms with Gasteiger partial charge in [0.05, 0.1) is 5.69 Å². The highest BCUT2D eigenvalue weighted by atomic mass is 15.1. The van der Waals surface area contributed by atoms with Crippen molar-refractivity contribution >= 4 is 11.2 Å². The maximum Gasteiger partial charge on any atom is 0.181 e. The molecule has 1 aliphatic heterocycles. The number of aromatic amines is 1. The number of nitrogens with one attached hydrogen (secondary N) is 1. The molecule has 0 atom stereocenters. The van der Waals surface area contributed by atoms with Gasteiger partial charge in [0.2, 0.25) is 0 Å². The number of aryl methyl sites for hydroxylation is 1. The van der Waals surface area contributed by atoms with E-state index in [4.69, 9.17) is 0 Å². The van der Waals surface area contributed by atoms with Crippen molar-refractivity contribution in [3.05, 3.63) is 17.8 Å². The number of hydrogen-bond acceptors (Lipinski definition) is 4. The van der Waals surface area contributed by atoms with E-state index in [1.807, 2.05) is 0 Å². The molecule has 5 nitrogen and oxygen atoms in total. The van der Waals surface area contributed by atoms with Gasteiger partial charge in [0.25, 0.3) is 0 Å². The van der Waals surface area contributed by atoms with Crippen LogP contribution in [0.4, 0.5) is 0 Å². The zero-order valence-corrected chi connectivity index (χ0v) is 11.7. The number of rotatable bonds is 3. The number of fused-ring (bicyclic) bond motifs is 1. The predicted octanol–water partition coefficient (Wildman–Crippen LogP) is 2.11. The Morgan fingerprint density at radius 1 is 1.32 bits per heavy atom. The van der Waals surface area contributed by atoms with Crippen LogP contribution < -0.4 is 0 Å². The van der Waals surface area contributed by atoms with Gasteiger partial charge in [-0.25, -0.2) is 15.0 Å². The highest BCUT2D eigenvalue weighted by Crippen LogP contribution is 2.27. The van der Waals surface area contributed by atoms with E-state index in [9.17, 15) is 0 Å². The van der Waals surface area contributed by atoms with E-state index in [1.165, 1.54) is 12.8 Å². The van der Waals surface area contributed by atoms with Gasteiger partial charge in [-0.15, -0.1) is 0 Å². The van der Waals surface area contributed by atoms with Crippen molar-refractivity contribution in [2.45, 2.75) is 38.5 Å². The van der Waals surface area contributed by atoms with E-state index < -0.39 is 0 Å². The summed E-state index contributed by atoms with van der Waals surface area (Å²) in [6.45, 7) is 4.46. The Morgan fingerprint density at radius 3 is 2.84 bits per heavy atom. The Labute approximate surface area is 113 Å². The first-order valence-electron chi connectivity index (χ1n) is 7.16. The number of imidazole rings is 1. The Hall–Kier alpha value is -1.49. The van der Waals surface area contributed by atoms with E-state index in [-0.39, 0.29) is 0 Å². The van der Waals surface area contributed by atoms with Crippen molar-refractivity contribution in [2.24, 2.45) is 0 Å². The highest BCUT2D eigenvalue weighted by Gasteiger charge is 2.22. The smallest absolute Gasteiger partial charge is 0.181 e. The first-order chi connectivity index (χ1) is 9.28. The lowest BCUT2D eigenvalue weighted by Crippen LogP contribution is -2.29. The van der Waals surface area contributed by atoms with Crippen LogP contribution in [0.3, 0.4) is 0 Å². The molecule has 1 aliphatic rings. The van der Waals surface area contributed by atoms with Crippen LogP contribution in [0.1, 0.15) is 43.6 Å². The molecule has 3 rings (SSSR count). The lowest BCUT2D eigenvalue weighted by Gasteiger charge is -2.27. The molecule has 0 unspecified atom stereocenters. The van der Waals surface area contributed by atoms with Gasteiger partial charge < -0.3 is 9.88 Å². The quantitative estimate of drug-likeness (QED) is 0.917. The lowest BCUT2D eigenvalue weighted by atomic mass is 9.97. The molecule has 0 aromatic carbocycles. The fourth-order valence-electron chi connectivity index (χ4n) is 2.80. The Kier molecular flexibility index (Phi) is 3.46. The van der Waals surface area contributed by atoms with Gasteiger partial charge >= 0.3 is 0 Å². The van der Waals surface area contributed by atoms with Gasteiger partial charge in [0.1, 0.15) is 17.7 Å². The second kappa shape index (κ2) is 5.25. The molecule has 102 valence electrons. The molecular weight excluding hydrogens is 238 g/mol. The van der Waals surface area contributed by atoms with Gasteiger partial charge in [-0.2, -0.15) is 0 Å². The molecule has 1 N–H and O–H groups in total. The van der Waals surface area contributed by atoms with Crippen LogP contribution in [0.25, 0.3) is 11.2 Å². The second-order valence-corrected chi connectivity index (χ2v) is 5.47. The van der Waals surface area contributed by atoms with Crippen LogP contribution in [-0.2, 0) is 6.42 Å². The molecule has 1 saturated heterocycles. The first-order valence-corrected chi connectivity index (χ1v) is 7.16. The van der Waals surface area contributed by atoms with E-state index >= 15 is 0 Å². The summed E-state index contributed by atoms with van der Waals surface area (Å²) in [5.41, 5.74) is 2.96. The molecule has 0 amide bonds. The third-order valence-electron chi connectivity index (χ3n) is 3.98. The minimum absolute atomic E-state index is 0.542. The van der Waals surface area contributed by atoms with Crippen LogP contribution in [0.5, 0.6) is 0 Å². The van der Waals surface area contributed by atoms with E-state index in [2.05, 4.69) is 38.8 Å². The number of H-pyrrole nitrogens is 1. The molecule has 3 heterocycles. The van der Waals surface area contributed by atoms with Gasteiger partial charge in [0.15, 0.2) is 5.65 Å². The average Bonchev–Trinajstić information content (AvgIpc) is 2.85. The number of piperidine rings is 1. The summed E-state index contributed by atoms with van der Waals surface area (Å²) in [4.78, 5) is 19.2. The van der Waals surface area contributed by atoms with Crippen LogP contribution in [0.15, 0.2) is 6.33 Å². The Bertz CT molecular complexity index is 554. The molecule has 0 spiro atoms. The van der Waals surface area contributed by atoms with Crippen molar-refractivity contribution in [1.82, 2.24) is 24.8 Å². The third-order valence-corrected chi connectivity index (χ3v) is 3.98. The summed E-state index contributed by atoms with van der Waals surface area (Å²) in [6, 6.07) is 0. The molecule has 2 aromatic rings. The number of nitrogens with zero attached hydrogens (tertiary/aromatic N) is 4. The minimum atomic E-state index is 0.542. The summed E-state index contributed by atoms with van der Waals surface area (Å²) >= 11 is 0. The third kappa shape index (κ3) is 2.47. The summed E-state index contributed by atoms with van der Waals surface area (Å²) < 4.78 is 0. The standard InChI is InChI=1S/C14H21N5/c1-3-4-11-12-14(16-9-15-11)18-13(17-12)10-5-7-19(2)8-6-10/h9-10H,3-8H2,1-2H3,(H,15,16,17,18). The maximum atomic E-state index is 4.68. The molecule has 1 fully saturated rings. The number of aromatic nitrogens is 4. The maximum absolute atomic E-state index is 4.68. The molecule has 0 bridgehead atoms. The van der Waals surface area contributed by atoms with Crippen molar-refractivity contribution in [1.29, 1.82) is 0 Å². The van der Waals surface area contributed by atoms with Gasteiger partial charge in [-0.1, -0.05) is 13.3 Å². The average molecular weight is 259 g/mol. The number of likely N-dealkylation sites (tertiary alicyclic amines) is 1. The summed E-state index contributed by atoms with van der Waals surface area (Å²) in [6.07, 6.45) is 6.05. The molecule has 5 heteroatoms. The molecule has 0 aliphatic carbocycles. The van der Waals surface area contributed by atoms with Crippen LogP contribution in [0.2, 0.25) is 0 Å². The van der Waals surface area contributed by atoms with Crippen molar-refractivity contribution in [3.63, 3.8) is 0 Å². The Morgan fingerprint density at radius 2 is 2.11 bits per heavy atom. The van der Waals surface area contributed by atoms with Gasteiger partial charge in [-0.3, -0.25) is 0 Å². The van der Waals surface area contributed by atoms with Gasteiger partial charge in [-0.05, 0) is 39.4 Å². The lowest BCUT2D eigenvalue weighted by molar-refractivity contribution is 0.252. The van der Waals surface area contributed by atoms with Crippen LogP contribution >= 0.6 is 0 Å². The molecule has 0 saturated carbocycles. The van der Waals surface area contributed by atoms with Crippen molar-refractivity contribution in [2.75, 3.05) is 20.1 Å². The molecule has 2 aromatic heterocycles. The normalized spacial score (nSPS) is 18.2. The van der Waals surface area contributed by atoms with Crippen molar-refractivity contribution in [3.8, 4) is 0 Å². The second-order valence-electron chi connectivity index (χ2n) is 5.47. The zero-order valence-electron chi connectivity index (χ0n) is 11.7. The molecular formula is C14H21N5.